The van der Waals surface area contributed by atoms with Crippen molar-refractivity contribution in [1.29, 1.82) is 0 Å². The van der Waals surface area contributed by atoms with Crippen LogP contribution in [0.3, 0.4) is 0 Å². The first-order valence-electron chi connectivity index (χ1n) is 6.08. The van der Waals surface area contributed by atoms with Gasteiger partial charge in [0.25, 0.3) is 0 Å². The van der Waals surface area contributed by atoms with Crippen molar-refractivity contribution in [2.75, 3.05) is 13.1 Å². The average Bonchev–Trinajstić information content (AvgIpc) is 2.28. The third-order valence-electron chi connectivity index (χ3n) is 2.71. The van der Waals surface area contributed by atoms with Crippen LogP contribution >= 0.6 is 0 Å². The summed E-state index contributed by atoms with van der Waals surface area (Å²) in [5.74, 6) is -0.256. The molecule has 0 saturated heterocycles. The van der Waals surface area contributed by atoms with Gasteiger partial charge in [-0.25, -0.2) is 4.79 Å². The molecule has 17 heavy (non-hydrogen) atoms. The second-order valence-electron chi connectivity index (χ2n) is 4.68. The summed E-state index contributed by atoms with van der Waals surface area (Å²) in [5, 5.41) is 9.11. The number of carbonyl (C=O) groups is 1. The van der Waals surface area contributed by atoms with E-state index in [0.29, 0.717) is 18.0 Å². The number of hydrogen-bond donors (Lipinski definition) is 1. The molecule has 0 aromatic heterocycles. The molecule has 0 saturated carbocycles. The number of carboxylic acids is 1. The Bertz CT molecular complexity index is 374. The van der Waals surface area contributed by atoms with Crippen LogP contribution in [0.4, 0.5) is 0 Å². The summed E-state index contributed by atoms with van der Waals surface area (Å²) < 4.78 is 0. The zero-order valence-corrected chi connectivity index (χ0v) is 10.8. The second-order valence-corrected chi connectivity index (χ2v) is 4.68. The van der Waals surface area contributed by atoms with E-state index in [1.54, 1.807) is 12.1 Å². The fourth-order valence-electron chi connectivity index (χ4n) is 1.93. The molecule has 0 unspecified atom stereocenters. The molecular formula is C14H21NO2. The fraction of sp³-hybridized carbons (Fsp3) is 0.500. The van der Waals surface area contributed by atoms with Crippen LogP contribution in [0.15, 0.2) is 24.3 Å². The van der Waals surface area contributed by atoms with Gasteiger partial charge in [-0.15, -0.1) is 0 Å². The van der Waals surface area contributed by atoms with Gasteiger partial charge in [0.15, 0.2) is 0 Å². The molecule has 0 aliphatic heterocycles. The normalized spacial score (nSPS) is 11.1. The van der Waals surface area contributed by atoms with Crippen molar-refractivity contribution in [3.05, 3.63) is 35.4 Å². The van der Waals surface area contributed by atoms with E-state index in [-0.39, 0.29) is 0 Å². The highest BCUT2D eigenvalue weighted by molar-refractivity contribution is 5.89. The lowest BCUT2D eigenvalue weighted by atomic mass is 10.1. The molecule has 1 N–H and O–H groups in total. The molecule has 0 spiro atoms. The van der Waals surface area contributed by atoms with Crippen LogP contribution < -0.4 is 0 Å². The number of benzene rings is 1. The van der Waals surface area contributed by atoms with Crippen LogP contribution in [-0.4, -0.2) is 29.1 Å². The van der Waals surface area contributed by atoms with Gasteiger partial charge in [0.1, 0.15) is 0 Å². The summed E-state index contributed by atoms with van der Waals surface area (Å²) in [6.07, 6.45) is 0. The van der Waals surface area contributed by atoms with Gasteiger partial charge in [0.2, 0.25) is 0 Å². The lowest BCUT2D eigenvalue weighted by molar-refractivity contribution is 0.0694. The third kappa shape index (κ3) is 4.19. The van der Waals surface area contributed by atoms with E-state index < -0.39 is 5.97 Å². The summed E-state index contributed by atoms with van der Waals surface area (Å²) in [5.41, 5.74) is 1.30. The largest absolute Gasteiger partial charge is 0.478 e. The van der Waals surface area contributed by atoms with Crippen molar-refractivity contribution in [3.8, 4) is 0 Å². The minimum atomic E-state index is -0.846. The highest BCUT2D eigenvalue weighted by Gasteiger charge is 2.12. The molecule has 3 nitrogen and oxygen atoms in total. The lowest BCUT2D eigenvalue weighted by Gasteiger charge is -2.23. The SMILES string of the molecule is CCN(Cc1ccccc1C(=O)O)CC(C)C. The Kier molecular flexibility index (Phi) is 5.16. The van der Waals surface area contributed by atoms with E-state index in [1.807, 2.05) is 12.1 Å². The fourth-order valence-corrected chi connectivity index (χ4v) is 1.93. The van der Waals surface area contributed by atoms with E-state index in [2.05, 4.69) is 25.7 Å². The Hall–Kier alpha value is -1.35. The highest BCUT2D eigenvalue weighted by Crippen LogP contribution is 2.12. The Labute approximate surface area is 103 Å². The van der Waals surface area contributed by atoms with Crippen LogP contribution in [0.1, 0.15) is 36.7 Å². The topological polar surface area (TPSA) is 40.5 Å². The van der Waals surface area contributed by atoms with Crippen LogP contribution in [-0.2, 0) is 6.54 Å². The molecular weight excluding hydrogens is 214 g/mol. The maximum atomic E-state index is 11.1. The van der Waals surface area contributed by atoms with Gasteiger partial charge in [-0.05, 0) is 24.1 Å². The summed E-state index contributed by atoms with van der Waals surface area (Å²) >= 11 is 0. The molecule has 0 radical (unpaired) electrons. The van der Waals surface area contributed by atoms with E-state index in [0.717, 1.165) is 18.7 Å². The van der Waals surface area contributed by atoms with Gasteiger partial charge < -0.3 is 5.11 Å². The van der Waals surface area contributed by atoms with Crippen LogP contribution in [0, 0.1) is 5.92 Å². The number of aromatic carboxylic acids is 1. The van der Waals surface area contributed by atoms with Crippen LogP contribution in [0.25, 0.3) is 0 Å². The third-order valence-corrected chi connectivity index (χ3v) is 2.71. The Morgan fingerprint density at radius 3 is 2.53 bits per heavy atom. The molecule has 1 aromatic rings. The van der Waals surface area contributed by atoms with Crippen molar-refractivity contribution in [1.82, 2.24) is 4.90 Å². The first kappa shape index (κ1) is 13.7. The van der Waals surface area contributed by atoms with Crippen LogP contribution in [0.2, 0.25) is 0 Å². The van der Waals surface area contributed by atoms with Crippen LogP contribution in [0.5, 0.6) is 0 Å². The molecule has 0 atom stereocenters. The van der Waals surface area contributed by atoms with Gasteiger partial charge >= 0.3 is 5.97 Å². The van der Waals surface area contributed by atoms with E-state index in [4.69, 9.17) is 5.11 Å². The van der Waals surface area contributed by atoms with Gasteiger partial charge in [-0.3, -0.25) is 4.90 Å². The minimum absolute atomic E-state index is 0.412. The Morgan fingerprint density at radius 2 is 2.00 bits per heavy atom. The number of rotatable bonds is 6. The first-order chi connectivity index (χ1) is 8.04. The summed E-state index contributed by atoms with van der Waals surface area (Å²) in [4.78, 5) is 13.4. The lowest BCUT2D eigenvalue weighted by Crippen LogP contribution is -2.27. The Morgan fingerprint density at radius 1 is 1.35 bits per heavy atom. The van der Waals surface area contributed by atoms with Gasteiger partial charge in [0.05, 0.1) is 5.56 Å². The van der Waals surface area contributed by atoms with Gasteiger partial charge in [-0.1, -0.05) is 39.0 Å². The summed E-state index contributed by atoms with van der Waals surface area (Å²) in [6.45, 7) is 9.08. The summed E-state index contributed by atoms with van der Waals surface area (Å²) in [7, 11) is 0. The predicted octanol–water partition coefficient (Wildman–Crippen LogP) is 2.86. The molecule has 94 valence electrons. The van der Waals surface area contributed by atoms with Crippen molar-refractivity contribution >= 4 is 5.97 Å². The Balaban J connectivity index is 2.82. The van der Waals surface area contributed by atoms with Gasteiger partial charge in [-0.2, -0.15) is 0 Å². The van der Waals surface area contributed by atoms with Gasteiger partial charge in [0, 0.05) is 13.1 Å². The zero-order valence-electron chi connectivity index (χ0n) is 10.8. The summed E-state index contributed by atoms with van der Waals surface area (Å²) in [6, 6.07) is 7.23. The molecule has 0 heterocycles. The maximum absolute atomic E-state index is 11.1. The maximum Gasteiger partial charge on any atom is 0.336 e. The predicted molar refractivity (Wildman–Crippen MR) is 69.2 cm³/mol. The monoisotopic (exact) mass is 235 g/mol. The standard InChI is InChI=1S/C14H21NO2/c1-4-15(9-11(2)3)10-12-7-5-6-8-13(12)14(16)17/h5-8,11H,4,9-10H2,1-3H3,(H,16,17). The van der Waals surface area contributed by atoms with Crippen molar-refractivity contribution in [2.24, 2.45) is 5.92 Å². The molecule has 1 rings (SSSR count). The van der Waals surface area contributed by atoms with E-state index >= 15 is 0 Å². The quantitative estimate of drug-likeness (QED) is 0.824. The highest BCUT2D eigenvalue weighted by atomic mass is 16.4. The zero-order chi connectivity index (χ0) is 12.8. The molecule has 0 bridgehead atoms. The minimum Gasteiger partial charge on any atom is -0.478 e. The molecule has 0 aliphatic carbocycles. The number of nitrogens with zero attached hydrogens (tertiary/aromatic N) is 1. The van der Waals surface area contributed by atoms with Crippen molar-refractivity contribution in [3.63, 3.8) is 0 Å². The molecule has 0 fully saturated rings. The number of hydrogen-bond acceptors (Lipinski definition) is 2. The van der Waals surface area contributed by atoms with E-state index in [9.17, 15) is 4.79 Å². The molecule has 3 heteroatoms. The average molecular weight is 235 g/mol. The van der Waals surface area contributed by atoms with Crippen molar-refractivity contribution < 1.29 is 9.90 Å². The molecule has 0 aliphatic rings. The molecule has 1 aromatic carbocycles. The van der Waals surface area contributed by atoms with E-state index in [1.165, 1.54) is 0 Å². The smallest absolute Gasteiger partial charge is 0.336 e. The number of carboxylic acid groups (broad SMARTS) is 1. The van der Waals surface area contributed by atoms with Crippen molar-refractivity contribution in [2.45, 2.75) is 27.3 Å². The first-order valence-corrected chi connectivity index (χ1v) is 6.08. The second kappa shape index (κ2) is 6.40. The molecule has 0 amide bonds.